The van der Waals surface area contributed by atoms with Crippen LogP contribution in [-0.2, 0) is 11.3 Å². The summed E-state index contributed by atoms with van der Waals surface area (Å²) in [6, 6.07) is 7.48. The van der Waals surface area contributed by atoms with Crippen molar-refractivity contribution in [3.63, 3.8) is 0 Å². The molecule has 0 radical (unpaired) electrons. The molecule has 24 heavy (non-hydrogen) atoms. The van der Waals surface area contributed by atoms with Gasteiger partial charge in [-0.15, -0.1) is 0 Å². The van der Waals surface area contributed by atoms with Crippen LogP contribution in [0.15, 0.2) is 24.3 Å². The maximum Gasteiger partial charge on any atom is 0.222 e. The summed E-state index contributed by atoms with van der Waals surface area (Å²) < 4.78 is 0. The van der Waals surface area contributed by atoms with Gasteiger partial charge in [-0.3, -0.25) is 9.69 Å². The van der Waals surface area contributed by atoms with Gasteiger partial charge in [0.1, 0.15) is 5.75 Å². The number of aliphatic hydroxyl groups is 1. The minimum atomic E-state index is 0.139. The molecule has 132 valence electrons. The van der Waals surface area contributed by atoms with E-state index in [0.29, 0.717) is 25.1 Å². The first kappa shape index (κ1) is 17.2. The predicted molar refractivity (Wildman–Crippen MR) is 92.6 cm³/mol. The van der Waals surface area contributed by atoms with Crippen LogP contribution in [0.2, 0.25) is 0 Å². The molecule has 5 nitrogen and oxygen atoms in total. The van der Waals surface area contributed by atoms with Crippen molar-refractivity contribution >= 4 is 5.91 Å². The zero-order chi connectivity index (χ0) is 17.0. The highest BCUT2D eigenvalue weighted by molar-refractivity contribution is 5.77. The van der Waals surface area contributed by atoms with Crippen LogP contribution in [0.4, 0.5) is 0 Å². The van der Waals surface area contributed by atoms with Crippen molar-refractivity contribution < 1.29 is 15.0 Å². The van der Waals surface area contributed by atoms with Crippen LogP contribution in [0.3, 0.4) is 0 Å². The van der Waals surface area contributed by atoms with E-state index in [0.717, 1.165) is 44.6 Å². The number of likely N-dealkylation sites (tertiary alicyclic amines) is 2. The summed E-state index contributed by atoms with van der Waals surface area (Å²) in [6.07, 6.45) is 4.59. The number of aromatic hydroxyl groups is 1. The lowest BCUT2D eigenvalue weighted by Crippen LogP contribution is -2.54. The number of carbonyl (C=O) groups is 1. The van der Waals surface area contributed by atoms with Crippen LogP contribution in [0.1, 0.15) is 37.7 Å². The number of phenols is 1. The Morgan fingerprint density at radius 1 is 1.21 bits per heavy atom. The van der Waals surface area contributed by atoms with Crippen LogP contribution in [0.25, 0.3) is 0 Å². The molecule has 1 aromatic rings. The third kappa shape index (κ3) is 4.08. The summed E-state index contributed by atoms with van der Waals surface area (Å²) in [5.41, 5.74) is 1.33. The number of hydrogen-bond donors (Lipinski definition) is 2. The molecule has 1 spiro atoms. The van der Waals surface area contributed by atoms with Crippen molar-refractivity contribution in [3.05, 3.63) is 29.8 Å². The van der Waals surface area contributed by atoms with Crippen LogP contribution in [-0.4, -0.2) is 58.7 Å². The standard InChI is InChI=1S/C19H28N2O3/c22-11-3-10-21-15-19(8-6-18(21)24)7-2-9-20(14-19)13-16-4-1-5-17(23)12-16/h1,4-5,12,22-23H,2-3,6-11,13-15H2/t19-/m1/s1. The molecule has 2 N–H and O–H groups in total. The zero-order valence-corrected chi connectivity index (χ0v) is 14.3. The summed E-state index contributed by atoms with van der Waals surface area (Å²) in [5, 5.41) is 18.7. The summed E-state index contributed by atoms with van der Waals surface area (Å²) in [4.78, 5) is 16.6. The topological polar surface area (TPSA) is 64.0 Å². The van der Waals surface area contributed by atoms with E-state index in [4.69, 9.17) is 5.11 Å². The van der Waals surface area contributed by atoms with Gasteiger partial charge in [0.05, 0.1) is 0 Å². The fourth-order valence-electron chi connectivity index (χ4n) is 4.26. The first-order valence-corrected chi connectivity index (χ1v) is 8.99. The van der Waals surface area contributed by atoms with Crippen molar-refractivity contribution in [3.8, 4) is 5.75 Å². The van der Waals surface area contributed by atoms with E-state index in [1.165, 1.54) is 6.42 Å². The summed E-state index contributed by atoms with van der Waals surface area (Å²) in [7, 11) is 0. The number of aliphatic hydroxyl groups excluding tert-OH is 1. The van der Waals surface area contributed by atoms with Crippen molar-refractivity contribution in [1.82, 2.24) is 9.80 Å². The average molecular weight is 332 g/mol. The monoisotopic (exact) mass is 332 g/mol. The number of carbonyl (C=O) groups excluding carboxylic acids is 1. The molecular weight excluding hydrogens is 304 g/mol. The van der Waals surface area contributed by atoms with Crippen molar-refractivity contribution in [2.24, 2.45) is 5.41 Å². The molecule has 2 aliphatic heterocycles. The van der Waals surface area contributed by atoms with Crippen LogP contribution in [0, 0.1) is 5.41 Å². The molecule has 0 bridgehead atoms. The van der Waals surface area contributed by atoms with E-state index >= 15 is 0 Å². The lowest BCUT2D eigenvalue weighted by atomic mass is 9.73. The first-order valence-electron chi connectivity index (χ1n) is 8.99. The van der Waals surface area contributed by atoms with E-state index in [1.54, 1.807) is 6.07 Å². The molecular formula is C19H28N2O3. The smallest absolute Gasteiger partial charge is 0.222 e. The van der Waals surface area contributed by atoms with Crippen molar-refractivity contribution in [2.45, 2.75) is 38.6 Å². The lowest BCUT2D eigenvalue weighted by molar-refractivity contribution is -0.139. The highest BCUT2D eigenvalue weighted by Crippen LogP contribution is 2.39. The van der Waals surface area contributed by atoms with Gasteiger partial charge in [0.2, 0.25) is 5.91 Å². The number of hydrogen-bond acceptors (Lipinski definition) is 4. The molecule has 5 heteroatoms. The Kier molecular flexibility index (Phi) is 5.41. The Hall–Kier alpha value is -1.59. The van der Waals surface area contributed by atoms with E-state index in [9.17, 15) is 9.90 Å². The van der Waals surface area contributed by atoms with E-state index < -0.39 is 0 Å². The molecule has 2 saturated heterocycles. The zero-order valence-electron chi connectivity index (χ0n) is 14.3. The summed E-state index contributed by atoms with van der Waals surface area (Å²) in [6.45, 7) is 4.56. The molecule has 2 heterocycles. The normalized spacial score (nSPS) is 25.4. The van der Waals surface area contributed by atoms with Gasteiger partial charge >= 0.3 is 0 Å². The molecule has 3 rings (SSSR count). The predicted octanol–water partition coefficient (Wildman–Crippen LogP) is 1.98. The Balaban J connectivity index is 1.64. The summed E-state index contributed by atoms with van der Waals surface area (Å²) >= 11 is 0. The maximum absolute atomic E-state index is 12.1. The third-order valence-electron chi connectivity index (χ3n) is 5.39. The van der Waals surface area contributed by atoms with Gasteiger partial charge in [-0.05, 0) is 49.9 Å². The van der Waals surface area contributed by atoms with Gasteiger partial charge in [-0.25, -0.2) is 0 Å². The van der Waals surface area contributed by atoms with E-state index in [2.05, 4.69) is 11.0 Å². The lowest BCUT2D eigenvalue weighted by Gasteiger charge is -2.48. The molecule has 0 aliphatic carbocycles. The summed E-state index contributed by atoms with van der Waals surface area (Å²) in [5.74, 6) is 0.553. The Bertz CT molecular complexity index is 577. The van der Waals surface area contributed by atoms with Gasteiger partial charge in [0, 0.05) is 44.6 Å². The highest BCUT2D eigenvalue weighted by atomic mass is 16.3. The number of rotatable bonds is 5. The molecule has 0 unspecified atom stereocenters. The molecule has 0 saturated carbocycles. The number of piperidine rings is 2. The molecule has 0 aromatic heterocycles. The van der Waals surface area contributed by atoms with Crippen LogP contribution < -0.4 is 0 Å². The number of phenolic OH excluding ortho intramolecular Hbond substituents is 1. The Labute approximate surface area is 143 Å². The quantitative estimate of drug-likeness (QED) is 0.865. The SMILES string of the molecule is O=C1CC[C@@]2(CCCN(Cc3cccc(O)c3)C2)CN1CCCO. The largest absolute Gasteiger partial charge is 0.508 e. The van der Waals surface area contributed by atoms with Crippen molar-refractivity contribution in [2.75, 3.05) is 32.8 Å². The van der Waals surface area contributed by atoms with Gasteiger partial charge in [-0.1, -0.05) is 12.1 Å². The minimum absolute atomic E-state index is 0.139. The van der Waals surface area contributed by atoms with Crippen molar-refractivity contribution in [1.29, 1.82) is 0 Å². The van der Waals surface area contributed by atoms with E-state index in [1.807, 2.05) is 17.0 Å². The molecule has 1 amide bonds. The Morgan fingerprint density at radius 3 is 2.88 bits per heavy atom. The number of nitrogens with zero attached hydrogens (tertiary/aromatic N) is 2. The van der Waals surface area contributed by atoms with Gasteiger partial charge in [0.15, 0.2) is 0 Å². The maximum atomic E-state index is 12.1. The first-order chi connectivity index (χ1) is 11.6. The van der Waals surface area contributed by atoms with E-state index in [-0.39, 0.29) is 17.9 Å². The van der Waals surface area contributed by atoms with Crippen LogP contribution in [0.5, 0.6) is 5.75 Å². The van der Waals surface area contributed by atoms with Gasteiger partial charge in [0.25, 0.3) is 0 Å². The van der Waals surface area contributed by atoms with Gasteiger partial charge in [-0.2, -0.15) is 0 Å². The second-order valence-electron chi connectivity index (χ2n) is 7.38. The molecule has 2 fully saturated rings. The number of amides is 1. The molecule has 1 atom stereocenters. The fourth-order valence-corrected chi connectivity index (χ4v) is 4.26. The highest BCUT2D eigenvalue weighted by Gasteiger charge is 2.41. The van der Waals surface area contributed by atoms with Crippen LogP contribution >= 0.6 is 0 Å². The fraction of sp³-hybridized carbons (Fsp3) is 0.632. The minimum Gasteiger partial charge on any atom is -0.508 e. The second kappa shape index (κ2) is 7.53. The second-order valence-corrected chi connectivity index (χ2v) is 7.38. The molecule has 1 aromatic carbocycles. The molecule has 2 aliphatic rings. The van der Waals surface area contributed by atoms with Gasteiger partial charge < -0.3 is 15.1 Å². The third-order valence-corrected chi connectivity index (χ3v) is 5.39. The Morgan fingerprint density at radius 2 is 2.08 bits per heavy atom. The average Bonchev–Trinajstić information content (AvgIpc) is 2.56. The number of benzene rings is 1.